The van der Waals surface area contributed by atoms with E-state index >= 15 is 0 Å². The number of nitrogens with zero attached hydrogens (tertiary/aromatic N) is 3. The third-order valence-electron chi connectivity index (χ3n) is 5.09. The molecule has 1 aliphatic heterocycles. The summed E-state index contributed by atoms with van der Waals surface area (Å²) in [5.41, 5.74) is 2.56. The smallest absolute Gasteiger partial charge is 0.266 e. The first-order valence-corrected chi connectivity index (χ1v) is 10.5. The molecule has 0 bridgehead atoms. The topological polar surface area (TPSA) is 57.7 Å². The van der Waals surface area contributed by atoms with Gasteiger partial charge in [-0.05, 0) is 55.5 Å². The Kier molecular flexibility index (Phi) is 5.85. The standard InChI is InChI=1S/C22H23FN4O2S/c1-15-20(30-22(24-15)25-17-5-3-16(23)4-6-17)21(28)27-13-11-26(12-14-27)18-7-9-19(29-2)10-8-18/h3-10H,11-14H2,1-2H3,(H,24,25). The quantitative estimate of drug-likeness (QED) is 0.659. The SMILES string of the molecule is COc1ccc(N2CCN(C(=O)c3sc(Nc4ccc(F)cc4)nc3C)CC2)cc1. The van der Waals surface area contributed by atoms with E-state index in [0.717, 1.165) is 30.2 Å². The maximum Gasteiger partial charge on any atom is 0.266 e. The lowest BCUT2D eigenvalue weighted by Gasteiger charge is -2.36. The van der Waals surface area contributed by atoms with Crippen molar-refractivity contribution >= 4 is 33.8 Å². The number of anilines is 3. The number of piperazine rings is 1. The number of hydrogen-bond acceptors (Lipinski definition) is 6. The Bertz CT molecular complexity index is 1010. The van der Waals surface area contributed by atoms with Crippen molar-refractivity contribution in [2.24, 2.45) is 0 Å². The van der Waals surface area contributed by atoms with E-state index in [9.17, 15) is 9.18 Å². The number of carbonyl (C=O) groups excluding carboxylic acids is 1. The van der Waals surface area contributed by atoms with Crippen molar-refractivity contribution in [2.75, 3.05) is 43.5 Å². The molecule has 1 aromatic heterocycles. The Morgan fingerprint density at radius 3 is 2.37 bits per heavy atom. The van der Waals surface area contributed by atoms with E-state index in [0.29, 0.717) is 28.8 Å². The molecule has 1 saturated heterocycles. The third kappa shape index (κ3) is 4.38. The Labute approximate surface area is 178 Å². The van der Waals surface area contributed by atoms with Crippen LogP contribution in [0.15, 0.2) is 48.5 Å². The minimum atomic E-state index is -0.291. The molecule has 3 aromatic rings. The highest BCUT2D eigenvalue weighted by Gasteiger charge is 2.25. The number of carbonyl (C=O) groups is 1. The van der Waals surface area contributed by atoms with Crippen molar-refractivity contribution in [3.8, 4) is 5.75 Å². The van der Waals surface area contributed by atoms with Crippen LogP contribution < -0.4 is 15.0 Å². The number of ether oxygens (including phenoxy) is 1. The molecule has 6 nitrogen and oxygen atoms in total. The second-order valence-electron chi connectivity index (χ2n) is 7.04. The minimum absolute atomic E-state index is 0.00605. The van der Waals surface area contributed by atoms with E-state index in [2.05, 4.69) is 15.2 Å². The first kappa shape index (κ1) is 20.2. The zero-order valence-corrected chi connectivity index (χ0v) is 17.7. The summed E-state index contributed by atoms with van der Waals surface area (Å²) in [7, 11) is 1.65. The zero-order chi connectivity index (χ0) is 21.1. The zero-order valence-electron chi connectivity index (χ0n) is 16.9. The average molecular weight is 427 g/mol. The van der Waals surface area contributed by atoms with E-state index in [1.165, 1.54) is 23.5 Å². The van der Waals surface area contributed by atoms with Crippen LogP contribution in [0, 0.1) is 12.7 Å². The van der Waals surface area contributed by atoms with Crippen LogP contribution in [-0.2, 0) is 0 Å². The van der Waals surface area contributed by atoms with Crippen LogP contribution in [-0.4, -0.2) is 49.1 Å². The fraction of sp³-hybridized carbons (Fsp3) is 0.273. The number of aromatic nitrogens is 1. The largest absolute Gasteiger partial charge is 0.497 e. The van der Waals surface area contributed by atoms with Gasteiger partial charge in [0.1, 0.15) is 16.4 Å². The fourth-order valence-electron chi connectivity index (χ4n) is 3.41. The fourth-order valence-corrected chi connectivity index (χ4v) is 4.36. The second-order valence-corrected chi connectivity index (χ2v) is 8.04. The maximum atomic E-state index is 13.1. The summed E-state index contributed by atoms with van der Waals surface area (Å²) in [6, 6.07) is 14.0. The number of thiazole rings is 1. The molecule has 0 atom stereocenters. The number of rotatable bonds is 5. The Morgan fingerprint density at radius 1 is 1.07 bits per heavy atom. The lowest BCUT2D eigenvalue weighted by Crippen LogP contribution is -2.48. The first-order chi connectivity index (χ1) is 14.5. The van der Waals surface area contributed by atoms with Gasteiger partial charge in [-0.3, -0.25) is 4.79 Å². The highest BCUT2D eigenvalue weighted by molar-refractivity contribution is 7.17. The van der Waals surface area contributed by atoms with E-state index < -0.39 is 0 Å². The van der Waals surface area contributed by atoms with Gasteiger partial charge in [0, 0.05) is 37.6 Å². The molecule has 1 aliphatic rings. The van der Waals surface area contributed by atoms with Crippen LogP contribution in [0.1, 0.15) is 15.4 Å². The number of benzene rings is 2. The summed E-state index contributed by atoms with van der Waals surface area (Å²) in [6.07, 6.45) is 0. The van der Waals surface area contributed by atoms with Gasteiger partial charge in [-0.15, -0.1) is 0 Å². The van der Waals surface area contributed by atoms with Gasteiger partial charge in [0.15, 0.2) is 5.13 Å². The summed E-state index contributed by atoms with van der Waals surface area (Å²) in [5, 5.41) is 3.76. The molecule has 1 N–H and O–H groups in total. The molecule has 0 spiro atoms. The van der Waals surface area contributed by atoms with Gasteiger partial charge in [-0.1, -0.05) is 11.3 Å². The van der Waals surface area contributed by atoms with Gasteiger partial charge in [0.05, 0.1) is 12.8 Å². The van der Waals surface area contributed by atoms with Crippen LogP contribution in [0.25, 0.3) is 0 Å². The lowest BCUT2D eigenvalue weighted by atomic mass is 10.2. The highest BCUT2D eigenvalue weighted by Crippen LogP contribution is 2.28. The van der Waals surface area contributed by atoms with Gasteiger partial charge in [-0.25, -0.2) is 9.37 Å². The van der Waals surface area contributed by atoms with Crippen LogP contribution in [0.5, 0.6) is 5.75 Å². The van der Waals surface area contributed by atoms with Crippen molar-refractivity contribution in [3.05, 3.63) is 64.9 Å². The molecule has 4 rings (SSSR count). The minimum Gasteiger partial charge on any atom is -0.497 e. The van der Waals surface area contributed by atoms with Crippen molar-refractivity contribution in [1.82, 2.24) is 9.88 Å². The number of amides is 1. The van der Waals surface area contributed by atoms with E-state index in [1.54, 1.807) is 19.2 Å². The predicted molar refractivity (Wildman–Crippen MR) is 118 cm³/mol. The third-order valence-corrected chi connectivity index (χ3v) is 6.15. The molecule has 0 aliphatic carbocycles. The maximum absolute atomic E-state index is 13.1. The molecule has 2 heterocycles. The highest BCUT2D eigenvalue weighted by atomic mass is 32.1. The molecule has 156 valence electrons. The predicted octanol–water partition coefficient (Wildman–Crippen LogP) is 4.31. The number of aryl methyl sites for hydroxylation is 1. The van der Waals surface area contributed by atoms with Crippen molar-refractivity contribution in [3.63, 3.8) is 0 Å². The summed E-state index contributed by atoms with van der Waals surface area (Å²) in [4.78, 5) is 22.3. The molecule has 30 heavy (non-hydrogen) atoms. The number of nitrogens with one attached hydrogen (secondary N) is 1. The van der Waals surface area contributed by atoms with E-state index in [4.69, 9.17) is 4.74 Å². The van der Waals surface area contributed by atoms with Crippen molar-refractivity contribution in [1.29, 1.82) is 0 Å². The number of halogens is 1. The van der Waals surface area contributed by atoms with Crippen molar-refractivity contribution < 1.29 is 13.9 Å². The Hall–Kier alpha value is -3.13. The molecular weight excluding hydrogens is 403 g/mol. The van der Waals surface area contributed by atoms with Gasteiger partial charge in [-0.2, -0.15) is 0 Å². The summed E-state index contributed by atoms with van der Waals surface area (Å²) >= 11 is 1.33. The summed E-state index contributed by atoms with van der Waals surface area (Å²) in [5.74, 6) is 0.547. The molecule has 8 heteroatoms. The Morgan fingerprint density at radius 2 is 1.73 bits per heavy atom. The molecule has 0 radical (unpaired) electrons. The molecule has 0 unspecified atom stereocenters. The van der Waals surface area contributed by atoms with Gasteiger partial charge in [0.25, 0.3) is 5.91 Å². The second kappa shape index (κ2) is 8.71. The normalized spacial score (nSPS) is 14.0. The molecule has 1 fully saturated rings. The first-order valence-electron chi connectivity index (χ1n) is 9.72. The van der Waals surface area contributed by atoms with Gasteiger partial charge < -0.3 is 19.9 Å². The van der Waals surface area contributed by atoms with Crippen LogP contribution in [0.3, 0.4) is 0 Å². The van der Waals surface area contributed by atoms with Crippen LogP contribution >= 0.6 is 11.3 Å². The van der Waals surface area contributed by atoms with Gasteiger partial charge >= 0.3 is 0 Å². The van der Waals surface area contributed by atoms with Crippen LogP contribution in [0.2, 0.25) is 0 Å². The monoisotopic (exact) mass is 426 g/mol. The van der Waals surface area contributed by atoms with E-state index in [-0.39, 0.29) is 11.7 Å². The van der Waals surface area contributed by atoms with Crippen LogP contribution in [0.4, 0.5) is 20.9 Å². The number of methoxy groups -OCH3 is 1. The van der Waals surface area contributed by atoms with E-state index in [1.807, 2.05) is 36.1 Å². The number of hydrogen-bond donors (Lipinski definition) is 1. The summed E-state index contributed by atoms with van der Waals surface area (Å²) < 4.78 is 18.3. The average Bonchev–Trinajstić information content (AvgIpc) is 3.15. The molecule has 2 aromatic carbocycles. The Balaban J connectivity index is 1.39. The lowest BCUT2D eigenvalue weighted by molar-refractivity contribution is 0.0750. The molecule has 1 amide bonds. The molecular formula is C22H23FN4O2S. The molecule has 0 saturated carbocycles. The van der Waals surface area contributed by atoms with Crippen molar-refractivity contribution in [2.45, 2.75) is 6.92 Å². The van der Waals surface area contributed by atoms with Gasteiger partial charge in [0.2, 0.25) is 0 Å². The summed E-state index contributed by atoms with van der Waals surface area (Å²) in [6.45, 7) is 4.70.